The Morgan fingerprint density at radius 3 is 2.96 bits per heavy atom. The van der Waals surface area contributed by atoms with Gasteiger partial charge in [0.1, 0.15) is 5.75 Å². The van der Waals surface area contributed by atoms with Crippen molar-refractivity contribution >= 4 is 5.91 Å². The van der Waals surface area contributed by atoms with E-state index in [2.05, 4.69) is 10.2 Å². The molecule has 0 spiro atoms. The number of hydrogen-bond acceptors (Lipinski definition) is 6. The lowest BCUT2D eigenvalue weighted by Crippen LogP contribution is -2.42. The average Bonchev–Trinajstić information content (AvgIpc) is 3.30. The Hall–Kier alpha value is -2.41. The minimum Gasteiger partial charge on any atom is -0.493 e. The predicted octanol–water partition coefficient (Wildman–Crippen LogP) is 2.34. The molecule has 1 aromatic carbocycles. The van der Waals surface area contributed by atoms with Gasteiger partial charge in [0.25, 0.3) is 5.91 Å². The SMILES string of the molecule is CC(C)c1nnc([C@@H]2CN(C(=O)c3ccc4c(c3)CCO4)CCO2)o1. The molecule has 1 atom stereocenters. The zero-order chi connectivity index (χ0) is 17.4. The first kappa shape index (κ1) is 16.1. The molecule has 2 aliphatic heterocycles. The highest BCUT2D eigenvalue weighted by atomic mass is 16.5. The molecule has 7 heteroatoms. The van der Waals surface area contributed by atoms with Crippen LogP contribution in [-0.4, -0.2) is 47.3 Å². The second kappa shape index (κ2) is 6.48. The van der Waals surface area contributed by atoms with Crippen molar-refractivity contribution in [1.29, 1.82) is 0 Å². The highest BCUT2D eigenvalue weighted by Crippen LogP contribution is 2.28. The van der Waals surface area contributed by atoms with Crippen LogP contribution in [0.25, 0.3) is 0 Å². The summed E-state index contributed by atoms with van der Waals surface area (Å²) in [5, 5.41) is 8.12. The largest absolute Gasteiger partial charge is 0.493 e. The Labute approximate surface area is 145 Å². The molecule has 0 unspecified atom stereocenters. The lowest BCUT2D eigenvalue weighted by Gasteiger charge is -2.31. The number of nitrogens with zero attached hydrogens (tertiary/aromatic N) is 3. The van der Waals surface area contributed by atoms with Gasteiger partial charge in [-0.25, -0.2) is 0 Å². The molecular weight excluding hydrogens is 322 g/mol. The van der Waals surface area contributed by atoms with Gasteiger partial charge in [-0.15, -0.1) is 10.2 Å². The van der Waals surface area contributed by atoms with Crippen LogP contribution >= 0.6 is 0 Å². The van der Waals surface area contributed by atoms with E-state index in [0.717, 1.165) is 17.7 Å². The molecule has 0 saturated carbocycles. The smallest absolute Gasteiger partial charge is 0.254 e. The van der Waals surface area contributed by atoms with Gasteiger partial charge < -0.3 is 18.8 Å². The van der Waals surface area contributed by atoms with Crippen molar-refractivity contribution in [2.45, 2.75) is 32.3 Å². The summed E-state index contributed by atoms with van der Waals surface area (Å²) in [6.07, 6.45) is 0.470. The molecule has 2 aromatic rings. The quantitative estimate of drug-likeness (QED) is 0.851. The number of aromatic nitrogens is 2. The van der Waals surface area contributed by atoms with E-state index in [4.69, 9.17) is 13.9 Å². The molecule has 25 heavy (non-hydrogen) atoms. The lowest BCUT2D eigenvalue weighted by atomic mass is 10.1. The Morgan fingerprint density at radius 2 is 2.16 bits per heavy atom. The van der Waals surface area contributed by atoms with Gasteiger partial charge >= 0.3 is 0 Å². The zero-order valence-corrected chi connectivity index (χ0v) is 14.4. The van der Waals surface area contributed by atoms with Crippen molar-refractivity contribution < 1.29 is 18.7 Å². The zero-order valence-electron chi connectivity index (χ0n) is 14.4. The Kier molecular flexibility index (Phi) is 4.17. The first-order valence-electron chi connectivity index (χ1n) is 8.61. The Bertz CT molecular complexity index is 786. The summed E-state index contributed by atoms with van der Waals surface area (Å²) in [4.78, 5) is 14.6. The number of carbonyl (C=O) groups is 1. The number of benzene rings is 1. The van der Waals surface area contributed by atoms with Crippen molar-refractivity contribution in [3.8, 4) is 5.75 Å². The van der Waals surface area contributed by atoms with Gasteiger partial charge in [0.15, 0.2) is 6.10 Å². The molecule has 0 bridgehead atoms. The van der Waals surface area contributed by atoms with Gasteiger partial charge in [-0.05, 0) is 23.8 Å². The van der Waals surface area contributed by atoms with Crippen LogP contribution in [0.3, 0.4) is 0 Å². The first-order chi connectivity index (χ1) is 12.1. The number of rotatable bonds is 3. The van der Waals surface area contributed by atoms with Crippen molar-refractivity contribution in [3.63, 3.8) is 0 Å². The molecule has 7 nitrogen and oxygen atoms in total. The monoisotopic (exact) mass is 343 g/mol. The first-order valence-corrected chi connectivity index (χ1v) is 8.61. The molecule has 0 radical (unpaired) electrons. The molecule has 2 aliphatic rings. The number of morpholine rings is 1. The van der Waals surface area contributed by atoms with E-state index < -0.39 is 0 Å². The van der Waals surface area contributed by atoms with E-state index in [1.807, 2.05) is 32.0 Å². The fourth-order valence-corrected chi connectivity index (χ4v) is 3.10. The summed E-state index contributed by atoms with van der Waals surface area (Å²) >= 11 is 0. The molecule has 1 amide bonds. The van der Waals surface area contributed by atoms with Crippen molar-refractivity contribution in [2.24, 2.45) is 0 Å². The molecule has 0 aliphatic carbocycles. The Morgan fingerprint density at radius 1 is 1.28 bits per heavy atom. The van der Waals surface area contributed by atoms with Gasteiger partial charge in [0.2, 0.25) is 11.8 Å². The van der Waals surface area contributed by atoms with Gasteiger partial charge in [0.05, 0.1) is 19.8 Å². The van der Waals surface area contributed by atoms with E-state index in [9.17, 15) is 4.79 Å². The maximum Gasteiger partial charge on any atom is 0.254 e. The maximum absolute atomic E-state index is 12.9. The topological polar surface area (TPSA) is 77.7 Å². The van der Waals surface area contributed by atoms with Gasteiger partial charge in [-0.1, -0.05) is 13.8 Å². The van der Waals surface area contributed by atoms with E-state index >= 15 is 0 Å². The van der Waals surface area contributed by atoms with Crippen LogP contribution in [-0.2, 0) is 11.2 Å². The van der Waals surface area contributed by atoms with Crippen LogP contribution in [0, 0.1) is 0 Å². The maximum atomic E-state index is 12.9. The third-order valence-electron chi connectivity index (χ3n) is 4.52. The molecule has 1 saturated heterocycles. The fourth-order valence-electron chi connectivity index (χ4n) is 3.10. The molecule has 132 valence electrons. The molecule has 4 rings (SSSR count). The highest BCUT2D eigenvalue weighted by molar-refractivity contribution is 5.94. The van der Waals surface area contributed by atoms with Gasteiger partial charge in [-0.3, -0.25) is 4.79 Å². The van der Waals surface area contributed by atoms with Crippen LogP contribution in [0.1, 0.15) is 53.6 Å². The highest BCUT2D eigenvalue weighted by Gasteiger charge is 2.30. The minimum atomic E-state index is -0.379. The second-order valence-electron chi connectivity index (χ2n) is 6.66. The fraction of sp³-hybridized carbons (Fsp3) is 0.500. The summed E-state index contributed by atoms with van der Waals surface area (Å²) in [7, 11) is 0. The number of hydrogen-bond donors (Lipinski definition) is 0. The van der Waals surface area contributed by atoms with Crippen LogP contribution in [0.15, 0.2) is 22.6 Å². The summed E-state index contributed by atoms with van der Waals surface area (Å²) in [5.74, 6) is 2.05. The molecule has 0 N–H and O–H groups in total. The van der Waals surface area contributed by atoms with Crippen LogP contribution in [0.4, 0.5) is 0 Å². The second-order valence-corrected chi connectivity index (χ2v) is 6.66. The summed E-state index contributed by atoms with van der Waals surface area (Å²) in [5.41, 5.74) is 1.77. The van der Waals surface area contributed by atoms with Gasteiger partial charge in [0, 0.05) is 24.4 Å². The summed E-state index contributed by atoms with van der Waals surface area (Å²) in [6.45, 7) is 6.07. The molecule has 1 aromatic heterocycles. The van der Waals surface area contributed by atoms with Gasteiger partial charge in [-0.2, -0.15) is 0 Å². The molecular formula is C18H21N3O4. The van der Waals surface area contributed by atoms with Crippen LogP contribution < -0.4 is 4.74 Å². The summed E-state index contributed by atoms with van der Waals surface area (Å²) < 4.78 is 16.9. The lowest BCUT2D eigenvalue weighted by molar-refractivity contribution is -0.0351. The summed E-state index contributed by atoms with van der Waals surface area (Å²) in [6, 6.07) is 5.62. The standard InChI is InChI=1S/C18H21N3O4/c1-11(2)16-19-20-17(25-16)15-10-21(6-8-24-15)18(22)13-3-4-14-12(9-13)5-7-23-14/h3-4,9,11,15H,5-8,10H2,1-2H3/t15-/m0/s1. The number of amides is 1. The average molecular weight is 343 g/mol. The third-order valence-corrected chi connectivity index (χ3v) is 4.52. The van der Waals surface area contributed by atoms with E-state index in [1.54, 1.807) is 4.90 Å². The predicted molar refractivity (Wildman–Crippen MR) is 88.6 cm³/mol. The Balaban J connectivity index is 1.49. The van der Waals surface area contributed by atoms with Crippen molar-refractivity contribution in [1.82, 2.24) is 15.1 Å². The normalized spacial score (nSPS) is 19.8. The van der Waals surface area contributed by atoms with E-state index in [1.165, 1.54) is 0 Å². The minimum absolute atomic E-state index is 0.00778. The third kappa shape index (κ3) is 3.11. The van der Waals surface area contributed by atoms with Crippen LogP contribution in [0.2, 0.25) is 0 Å². The van der Waals surface area contributed by atoms with Crippen molar-refractivity contribution in [2.75, 3.05) is 26.3 Å². The molecule has 1 fully saturated rings. The van der Waals surface area contributed by atoms with E-state index in [0.29, 0.717) is 43.6 Å². The number of carbonyl (C=O) groups excluding carboxylic acids is 1. The van der Waals surface area contributed by atoms with Crippen molar-refractivity contribution in [3.05, 3.63) is 41.1 Å². The number of ether oxygens (including phenoxy) is 2. The number of fused-ring (bicyclic) bond motifs is 1. The molecule has 3 heterocycles. The van der Waals surface area contributed by atoms with Crippen LogP contribution in [0.5, 0.6) is 5.75 Å². The van der Waals surface area contributed by atoms with E-state index in [-0.39, 0.29) is 17.9 Å².